The second-order valence-corrected chi connectivity index (χ2v) is 6.64. The highest BCUT2D eigenvalue weighted by molar-refractivity contribution is 5.75. The van der Waals surface area contributed by atoms with Gasteiger partial charge in [0.05, 0.1) is 12.2 Å². The van der Waals surface area contributed by atoms with Crippen molar-refractivity contribution in [3.05, 3.63) is 70.4 Å². The lowest BCUT2D eigenvalue weighted by molar-refractivity contribution is -0.122. The standard InChI is InChI=1S/C20H18FN7O3/c1-13-2-9-19(30)27(25-13)12-17(29)22-10-11-31-18-8-7-16-23-24-20(28(16)26-18)14-3-5-15(21)6-4-14/h2-9H,10-12H2,1H3,(H,22,29). The molecule has 0 saturated carbocycles. The molecule has 4 aromatic rings. The third-order valence-corrected chi connectivity index (χ3v) is 4.31. The first-order valence-electron chi connectivity index (χ1n) is 9.42. The Kier molecular flexibility index (Phi) is 5.65. The molecule has 0 aliphatic carbocycles. The predicted molar refractivity (Wildman–Crippen MR) is 108 cm³/mol. The van der Waals surface area contributed by atoms with Crippen LogP contribution in [0.3, 0.4) is 0 Å². The molecule has 0 saturated heterocycles. The van der Waals surface area contributed by atoms with Crippen LogP contribution < -0.4 is 15.6 Å². The summed E-state index contributed by atoms with van der Waals surface area (Å²) < 4.78 is 21.4. The number of hydrogen-bond donors (Lipinski definition) is 1. The van der Waals surface area contributed by atoms with Gasteiger partial charge in [-0.3, -0.25) is 9.59 Å². The molecule has 158 valence electrons. The third-order valence-electron chi connectivity index (χ3n) is 4.31. The van der Waals surface area contributed by atoms with Crippen molar-refractivity contribution in [2.75, 3.05) is 13.2 Å². The van der Waals surface area contributed by atoms with Crippen molar-refractivity contribution in [1.82, 2.24) is 34.9 Å². The van der Waals surface area contributed by atoms with Crippen molar-refractivity contribution < 1.29 is 13.9 Å². The molecule has 0 fully saturated rings. The fourth-order valence-corrected chi connectivity index (χ4v) is 2.83. The third kappa shape index (κ3) is 4.71. The van der Waals surface area contributed by atoms with E-state index in [1.54, 1.807) is 37.3 Å². The number of fused-ring (bicyclic) bond motifs is 1. The van der Waals surface area contributed by atoms with Crippen molar-refractivity contribution in [2.24, 2.45) is 0 Å². The zero-order valence-electron chi connectivity index (χ0n) is 16.5. The van der Waals surface area contributed by atoms with Gasteiger partial charge in [0.2, 0.25) is 11.8 Å². The number of rotatable bonds is 7. The Morgan fingerprint density at radius 2 is 1.87 bits per heavy atom. The highest BCUT2D eigenvalue weighted by atomic mass is 19.1. The Labute approximate surface area is 175 Å². The number of ether oxygens (including phenoxy) is 1. The van der Waals surface area contributed by atoms with Crippen molar-refractivity contribution in [3.8, 4) is 17.3 Å². The number of aryl methyl sites for hydroxylation is 1. The van der Waals surface area contributed by atoms with Crippen molar-refractivity contribution in [1.29, 1.82) is 0 Å². The molecule has 3 heterocycles. The Morgan fingerprint density at radius 3 is 2.68 bits per heavy atom. The molecular weight excluding hydrogens is 405 g/mol. The van der Waals surface area contributed by atoms with Crippen LogP contribution in [0.25, 0.3) is 17.0 Å². The Bertz CT molecular complexity index is 1280. The SMILES string of the molecule is Cc1ccc(=O)n(CC(=O)NCCOc2ccc3nnc(-c4ccc(F)cc4)n3n2)n1. The highest BCUT2D eigenvalue weighted by Gasteiger charge is 2.11. The van der Waals surface area contributed by atoms with Crippen LogP contribution in [-0.4, -0.2) is 48.7 Å². The quantitative estimate of drug-likeness (QED) is 0.441. The summed E-state index contributed by atoms with van der Waals surface area (Å²) in [7, 11) is 0. The summed E-state index contributed by atoms with van der Waals surface area (Å²) in [6.45, 7) is 1.94. The number of benzene rings is 1. The molecule has 0 aliphatic heterocycles. The second kappa shape index (κ2) is 8.69. The van der Waals surface area contributed by atoms with Gasteiger partial charge in [0.15, 0.2) is 11.5 Å². The van der Waals surface area contributed by atoms with Crippen LogP contribution in [0.5, 0.6) is 5.88 Å². The molecule has 10 nitrogen and oxygen atoms in total. The van der Waals surface area contributed by atoms with Crippen LogP contribution in [0.15, 0.2) is 53.3 Å². The number of carbonyl (C=O) groups excluding carboxylic acids is 1. The molecule has 0 spiro atoms. The molecule has 11 heteroatoms. The number of hydrogen-bond acceptors (Lipinski definition) is 7. The van der Waals surface area contributed by atoms with Crippen LogP contribution in [-0.2, 0) is 11.3 Å². The molecule has 0 aliphatic rings. The zero-order valence-corrected chi connectivity index (χ0v) is 16.5. The molecule has 0 atom stereocenters. The molecular formula is C20H18FN7O3. The maximum absolute atomic E-state index is 13.2. The Morgan fingerprint density at radius 1 is 1.06 bits per heavy atom. The maximum Gasteiger partial charge on any atom is 0.267 e. The van der Waals surface area contributed by atoms with Gasteiger partial charge >= 0.3 is 0 Å². The van der Waals surface area contributed by atoms with E-state index in [1.807, 2.05) is 0 Å². The topological polar surface area (TPSA) is 116 Å². The number of nitrogens with one attached hydrogen (secondary N) is 1. The van der Waals surface area contributed by atoms with Crippen LogP contribution in [0.1, 0.15) is 5.69 Å². The fraction of sp³-hybridized carbons (Fsp3) is 0.200. The van der Waals surface area contributed by atoms with Gasteiger partial charge in [-0.25, -0.2) is 9.07 Å². The van der Waals surface area contributed by atoms with Gasteiger partial charge in [-0.1, -0.05) is 0 Å². The van der Waals surface area contributed by atoms with Crippen molar-refractivity contribution in [3.63, 3.8) is 0 Å². The highest BCUT2D eigenvalue weighted by Crippen LogP contribution is 2.19. The average Bonchev–Trinajstić information content (AvgIpc) is 3.18. The Hall–Kier alpha value is -4.15. The van der Waals surface area contributed by atoms with Crippen LogP contribution in [0.2, 0.25) is 0 Å². The van der Waals surface area contributed by atoms with Gasteiger partial charge in [0, 0.05) is 17.7 Å². The summed E-state index contributed by atoms with van der Waals surface area (Å²) >= 11 is 0. The molecule has 0 radical (unpaired) electrons. The Balaban J connectivity index is 1.35. The molecule has 0 bridgehead atoms. The van der Waals surface area contributed by atoms with E-state index in [0.29, 0.717) is 28.6 Å². The number of nitrogens with zero attached hydrogens (tertiary/aromatic N) is 6. The first-order valence-corrected chi connectivity index (χ1v) is 9.42. The first kappa shape index (κ1) is 20.1. The van der Waals surface area contributed by atoms with E-state index in [4.69, 9.17) is 4.74 Å². The average molecular weight is 423 g/mol. The van der Waals surface area contributed by atoms with E-state index in [1.165, 1.54) is 22.7 Å². The van der Waals surface area contributed by atoms with E-state index < -0.39 is 0 Å². The summed E-state index contributed by atoms with van der Waals surface area (Å²) in [5.41, 5.74) is 1.47. The second-order valence-electron chi connectivity index (χ2n) is 6.64. The van der Waals surface area contributed by atoms with Gasteiger partial charge in [-0.2, -0.15) is 9.61 Å². The summed E-state index contributed by atoms with van der Waals surface area (Å²) in [6, 6.07) is 12.1. The smallest absolute Gasteiger partial charge is 0.267 e. The molecule has 3 aromatic heterocycles. The lowest BCUT2D eigenvalue weighted by Crippen LogP contribution is -2.35. The monoisotopic (exact) mass is 423 g/mol. The zero-order chi connectivity index (χ0) is 21.8. The molecule has 1 aromatic carbocycles. The number of amides is 1. The molecule has 31 heavy (non-hydrogen) atoms. The molecule has 1 amide bonds. The molecule has 1 N–H and O–H groups in total. The predicted octanol–water partition coefficient (Wildman–Crippen LogP) is 0.991. The normalized spacial score (nSPS) is 10.9. The minimum absolute atomic E-state index is 0.161. The van der Waals surface area contributed by atoms with Gasteiger partial charge in [0.1, 0.15) is 19.0 Å². The maximum atomic E-state index is 13.2. The van der Waals surface area contributed by atoms with Crippen LogP contribution in [0, 0.1) is 12.7 Å². The van der Waals surface area contributed by atoms with Crippen molar-refractivity contribution >= 4 is 11.6 Å². The van der Waals surface area contributed by atoms with Gasteiger partial charge in [0.25, 0.3) is 5.56 Å². The summed E-state index contributed by atoms with van der Waals surface area (Å²) in [4.78, 5) is 23.7. The van der Waals surface area contributed by atoms with Crippen LogP contribution in [0.4, 0.5) is 4.39 Å². The molecule has 4 rings (SSSR count). The lowest BCUT2D eigenvalue weighted by atomic mass is 10.2. The van der Waals surface area contributed by atoms with Crippen LogP contribution >= 0.6 is 0 Å². The van der Waals surface area contributed by atoms with E-state index in [-0.39, 0.29) is 37.0 Å². The van der Waals surface area contributed by atoms with E-state index in [2.05, 4.69) is 25.7 Å². The largest absolute Gasteiger partial charge is 0.475 e. The van der Waals surface area contributed by atoms with Crippen molar-refractivity contribution in [2.45, 2.75) is 13.5 Å². The summed E-state index contributed by atoms with van der Waals surface area (Å²) in [6.07, 6.45) is 0. The minimum atomic E-state index is -0.357. The van der Waals surface area contributed by atoms with Gasteiger partial charge < -0.3 is 10.1 Å². The van der Waals surface area contributed by atoms with E-state index >= 15 is 0 Å². The lowest BCUT2D eigenvalue weighted by Gasteiger charge is -2.08. The van der Waals surface area contributed by atoms with E-state index in [0.717, 1.165) is 4.68 Å². The van der Waals surface area contributed by atoms with E-state index in [9.17, 15) is 14.0 Å². The van der Waals surface area contributed by atoms with Gasteiger partial charge in [-0.15, -0.1) is 15.3 Å². The molecule has 0 unspecified atom stereocenters. The minimum Gasteiger partial charge on any atom is -0.475 e. The number of halogens is 1. The van der Waals surface area contributed by atoms with Gasteiger partial charge in [-0.05, 0) is 43.3 Å². The number of carbonyl (C=O) groups is 1. The summed E-state index contributed by atoms with van der Waals surface area (Å²) in [5, 5.41) is 19.2. The first-order chi connectivity index (χ1) is 15.0. The number of aromatic nitrogens is 6. The summed E-state index contributed by atoms with van der Waals surface area (Å²) in [5.74, 6) is 0.0515. The fourth-order valence-electron chi connectivity index (χ4n) is 2.83.